The third-order valence-electron chi connectivity index (χ3n) is 2.90. The van der Waals surface area contributed by atoms with Gasteiger partial charge in [-0.05, 0) is 30.2 Å². The Hall–Kier alpha value is -2.57. The highest BCUT2D eigenvalue weighted by Gasteiger charge is 2.26. The van der Waals surface area contributed by atoms with E-state index in [1.165, 1.54) is 19.4 Å². The lowest BCUT2D eigenvalue weighted by molar-refractivity contribution is -0.125. The molecule has 7 nitrogen and oxygen atoms in total. The summed E-state index contributed by atoms with van der Waals surface area (Å²) in [5, 5.41) is 15.8. The van der Waals surface area contributed by atoms with Crippen LogP contribution in [-0.4, -0.2) is 36.3 Å². The lowest BCUT2D eigenvalue weighted by atomic mass is 10.2. The number of carbonyl (C=O) groups excluding carboxylic acids is 2. The van der Waals surface area contributed by atoms with Crippen LogP contribution in [0.3, 0.4) is 0 Å². The van der Waals surface area contributed by atoms with Crippen molar-refractivity contribution in [2.24, 2.45) is 5.10 Å². The van der Waals surface area contributed by atoms with Crippen molar-refractivity contribution in [3.63, 3.8) is 0 Å². The van der Waals surface area contributed by atoms with Crippen LogP contribution in [0.4, 0.5) is 0 Å². The molecule has 0 unspecified atom stereocenters. The Labute approximate surface area is 115 Å². The molecule has 0 radical (unpaired) electrons. The molecule has 106 valence electrons. The molecule has 1 atom stereocenters. The number of nitrogens with zero attached hydrogens (tertiary/aromatic N) is 1. The number of hydrazone groups is 1. The van der Waals surface area contributed by atoms with Crippen LogP contribution in [0.15, 0.2) is 23.3 Å². The van der Waals surface area contributed by atoms with Crippen LogP contribution in [-0.2, 0) is 9.59 Å². The van der Waals surface area contributed by atoms with Crippen LogP contribution in [0, 0.1) is 0 Å². The van der Waals surface area contributed by atoms with Gasteiger partial charge in [0.2, 0.25) is 5.91 Å². The van der Waals surface area contributed by atoms with E-state index in [2.05, 4.69) is 15.8 Å². The normalized spacial score (nSPS) is 18.1. The molecule has 0 aliphatic carbocycles. The first kappa shape index (κ1) is 13.9. The van der Waals surface area contributed by atoms with Gasteiger partial charge in [-0.15, -0.1) is 0 Å². The first-order chi connectivity index (χ1) is 9.60. The van der Waals surface area contributed by atoms with Gasteiger partial charge in [0.05, 0.1) is 13.3 Å². The van der Waals surface area contributed by atoms with E-state index >= 15 is 0 Å². The van der Waals surface area contributed by atoms with Gasteiger partial charge < -0.3 is 15.2 Å². The van der Waals surface area contributed by atoms with Gasteiger partial charge in [0.15, 0.2) is 11.5 Å². The summed E-state index contributed by atoms with van der Waals surface area (Å²) < 4.78 is 4.96. The van der Waals surface area contributed by atoms with E-state index in [1.54, 1.807) is 12.1 Å². The van der Waals surface area contributed by atoms with Crippen molar-refractivity contribution in [2.75, 3.05) is 7.11 Å². The smallest absolute Gasteiger partial charge is 0.262 e. The van der Waals surface area contributed by atoms with E-state index in [0.29, 0.717) is 24.2 Å². The third kappa shape index (κ3) is 3.25. The molecule has 1 aliphatic rings. The fourth-order valence-electron chi connectivity index (χ4n) is 1.83. The number of hydrogen-bond acceptors (Lipinski definition) is 5. The Balaban J connectivity index is 1.93. The summed E-state index contributed by atoms with van der Waals surface area (Å²) in [5.41, 5.74) is 3.02. The van der Waals surface area contributed by atoms with Crippen LogP contribution in [0.5, 0.6) is 11.5 Å². The molecule has 2 rings (SSSR count). The zero-order valence-electron chi connectivity index (χ0n) is 10.9. The Morgan fingerprint density at radius 3 is 3.05 bits per heavy atom. The Bertz CT molecular complexity index is 557. The number of phenols is 1. The average Bonchev–Trinajstić information content (AvgIpc) is 2.87. The van der Waals surface area contributed by atoms with Crippen LogP contribution in [0.25, 0.3) is 0 Å². The Morgan fingerprint density at radius 2 is 2.40 bits per heavy atom. The lowest BCUT2D eigenvalue weighted by Crippen LogP contribution is -2.39. The summed E-state index contributed by atoms with van der Waals surface area (Å²) in [7, 11) is 1.44. The maximum Gasteiger partial charge on any atom is 0.262 e. The van der Waals surface area contributed by atoms with Crippen LogP contribution in [0.2, 0.25) is 0 Å². The lowest BCUT2D eigenvalue weighted by Gasteiger charge is -2.07. The first-order valence-electron chi connectivity index (χ1n) is 6.09. The number of methoxy groups -OCH3 is 1. The molecule has 0 saturated carbocycles. The second-order valence-electron chi connectivity index (χ2n) is 4.32. The SMILES string of the molecule is COc1cc(/C=N/NC(=O)[C@@H]2CCC(=O)N2)ccc1O. The minimum Gasteiger partial charge on any atom is -0.504 e. The summed E-state index contributed by atoms with van der Waals surface area (Å²) in [5.74, 6) is -0.124. The average molecular weight is 277 g/mol. The van der Waals surface area contributed by atoms with E-state index in [-0.39, 0.29) is 17.6 Å². The summed E-state index contributed by atoms with van der Waals surface area (Å²) >= 11 is 0. The highest BCUT2D eigenvalue weighted by atomic mass is 16.5. The van der Waals surface area contributed by atoms with Crippen molar-refractivity contribution in [3.05, 3.63) is 23.8 Å². The van der Waals surface area contributed by atoms with E-state index in [4.69, 9.17) is 4.74 Å². The number of phenolic OH excluding ortho intramolecular Hbond substituents is 1. The fourth-order valence-corrected chi connectivity index (χ4v) is 1.83. The molecule has 20 heavy (non-hydrogen) atoms. The van der Waals surface area contributed by atoms with Crippen molar-refractivity contribution in [1.82, 2.24) is 10.7 Å². The number of rotatable bonds is 4. The molecule has 0 bridgehead atoms. The number of hydrogen-bond donors (Lipinski definition) is 3. The number of nitrogens with one attached hydrogen (secondary N) is 2. The topological polar surface area (TPSA) is 100 Å². The molecule has 0 spiro atoms. The third-order valence-corrected chi connectivity index (χ3v) is 2.90. The predicted molar refractivity (Wildman–Crippen MR) is 71.6 cm³/mol. The highest BCUT2D eigenvalue weighted by molar-refractivity contribution is 5.91. The zero-order chi connectivity index (χ0) is 14.5. The molecule has 0 aromatic heterocycles. The minimum atomic E-state index is -0.519. The number of amides is 2. The quantitative estimate of drug-likeness (QED) is 0.538. The zero-order valence-corrected chi connectivity index (χ0v) is 10.9. The molecule has 1 fully saturated rings. The molecular weight excluding hydrogens is 262 g/mol. The van der Waals surface area contributed by atoms with Gasteiger partial charge in [-0.3, -0.25) is 9.59 Å². The number of carbonyl (C=O) groups is 2. The number of benzene rings is 1. The number of ether oxygens (including phenoxy) is 1. The second kappa shape index (κ2) is 6.05. The Morgan fingerprint density at radius 1 is 1.60 bits per heavy atom. The molecule has 1 aliphatic heterocycles. The van der Waals surface area contributed by atoms with Gasteiger partial charge in [0.25, 0.3) is 5.91 Å². The minimum absolute atomic E-state index is 0.0300. The van der Waals surface area contributed by atoms with Gasteiger partial charge in [0.1, 0.15) is 6.04 Å². The van der Waals surface area contributed by atoms with Gasteiger partial charge in [-0.1, -0.05) is 0 Å². The molecular formula is C13H15N3O4. The first-order valence-corrected chi connectivity index (χ1v) is 6.09. The highest BCUT2D eigenvalue weighted by Crippen LogP contribution is 2.25. The molecule has 1 aromatic carbocycles. The van der Waals surface area contributed by atoms with Crippen LogP contribution >= 0.6 is 0 Å². The molecule has 2 amide bonds. The van der Waals surface area contributed by atoms with E-state index in [9.17, 15) is 14.7 Å². The van der Waals surface area contributed by atoms with Gasteiger partial charge in [-0.25, -0.2) is 5.43 Å². The van der Waals surface area contributed by atoms with Gasteiger partial charge in [0, 0.05) is 6.42 Å². The van der Waals surface area contributed by atoms with E-state index < -0.39 is 6.04 Å². The Kier molecular flexibility index (Phi) is 4.19. The van der Waals surface area contributed by atoms with Crippen LogP contribution in [0.1, 0.15) is 18.4 Å². The predicted octanol–water partition coefficient (Wildman–Crippen LogP) is 0.129. The molecule has 1 aromatic rings. The summed E-state index contributed by atoms with van der Waals surface area (Å²) in [4.78, 5) is 22.6. The maximum absolute atomic E-state index is 11.7. The maximum atomic E-state index is 11.7. The van der Waals surface area contributed by atoms with Crippen molar-refractivity contribution in [2.45, 2.75) is 18.9 Å². The van der Waals surface area contributed by atoms with Crippen molar-refractivity contribution < 1.29 is 19.4 Å². The van der Waals surface area contributed by atoms with Crippen molar-refractivity contribution in [1.29, 1.82) is 0 Å². The summed E-state index contributed by atoms with van der Waals surface area (Å²) in [6, 6.07) is 4.17. The standard InChI is InChI=1S/C13H15N3O4/c1-20-11-6-8(2-4-10(11)17)7-14-16-13(19)9-3-5-12(18)15-9/h2,4,6-7,9,17H,3,5H2,1H3,(H,15,18)(H,16,19)/b14-7+/t9-/m0/s1. The summed E-state index contributed by atoms with van der Waals surface area (Å²) in [6.07, 6.45) is 2.26. The van der Waals surface area contributed by atoms with Gasteiger partial charge >= 0.3 is 0 Å². The van der Waals surface area contributed by atoms with E-state index in [0.717, 1.165) is 0 Å². The second-order valence-corrected chi connectivity index (χ2v) is 4.32. The van der Waals surface area contributed by atoms with Crippen molar-refractivity contribution in [3.8, 4) is 11.5 Å². The molecule has 3 N–H and O–H groups in total. The monoisotopic (exact) mass is 277 g/mol. The van der Waals surface area contributed by atoms with Crippen LogP contribution < -0.4 is 15.5 Å². The largest absolute Gasteiger partial charge is 0.504 e. The van der Waals surface area contributed by atoms with E-state index in [1.807, 2.05) is 0 Å². The van der Waals surface area contributed by atoms with Gasteiger partial charge in [-0.2, -0.15) is 5.10 Å². The number of aromatic hydroxyl groups is 1. The molecule has 1 heterocycles. The fraction of sp³-hybridized carbons (Fsp3) is 0.308. The van der Waals surface area contributed by atoms with Crippen molar-refractivity contribution >= 4 is 18.0 Å². The molecule has 7 heteroatoms. The molecule has 1 saturated heterocycles. The summed E-state index contributed by atoms with van der Waals surface area (Å²) in [6.45, 7) is 0.